The van der Waals surface area contributed by atoms with Gasteiger partial charge in [0.25, 0.3) is 11.8 Å². The molecular weight excluding hydrogens is 488 g/mol. The minimum atomic E-state index is -1.04. The Kier molecular flexibility index (Phi) is 7.03. The van der Waals surface area contributed by atoms with Crippen molar-refractivity contribution in [1.82, 2.24) is 5.32 Å². The molecule has 36 heavy (non-hydrogen) atoms. The number of halogens is 1. The Hall–Kier alpha value is -4.63. The topological polar surface area (TPSA) is 122 Å². The van der Waals surface area contributed by atoms with Crippen LogP contribution in [0.2, 0.25) is 5.02 Å². The molecule has 0 spiro atoms. The zero-order valence-corrected chi connectivity index (χ0v) is 19.6. The number of hydrogen-bond acceptors (Lipinski definition) is 6. The van der Waals surface area contributed by atoms with Crippen LogP contribution in [0.5, 0.6) is 11.5 Å². The third kappa shape index (κ3) is 5.06. The highest BCUT2D eigenvalue weighted by Gasteiger charge is 2.37. The van der Waals surface area contributed by atoms with Gasteiger partial charge in [0.05, 0.1) is 18.4 Å². The molecule has 10 heteroatoms. The van der Waals surface area contributed by atoms with Gasteiger partial charge in [-0.25, -0.2) is 14.5 Å². The van der Waals surface area contributed by atoms with Gasteiger partial charge in [-0.1, -0.05) is 41.9 Å². The number of imide groups is 2. The van der Waals surface area contributed by atoms with Crippen molar-refractivity contribution < 1.29 is 33.8 Å². The number of benzene rings is 3. The number of carboxylic acid groups (broad SMARTS) is 1. The second kappa shape index (κ2) is 10.3. The molecule has 1 saturated heterocycles. The quantitative estimate of drug-likeness (QED) is 0.362. The Bertz CT molecular complexity index is 1400. The summed E-state index contributed by atoms with van der Waals surface area (Å²) in [5, 5.41) is 11.5. The number of hydrogen-bond donors (Lipinski definition) is 2. The van der Waals surface area contributed by atoms with Crippen LogP contribution in [0, 0.1) is 0 Å². The molecule has 0 atom stereocenters. The number of methoxy groups -OCH3 is 1. The van der Waals surface area contributed by atoms with Gasteiger partial charge in [-0.15, -0.1) is 0 Å². The van der Waals surface area contributed by atoms with Crippen molar-refractivity contribution in [2.24, 2.45) is 0 Å². The van der Waals surface area contributed by atoms with E-state index in [1.54, 1.807) is 42.5 Å². The summed E-state index contributed by atoms with van der Waals surface area (Å²) in [6, 6.07) is 16.3. The molecule has 9 nitrogen and oxygen atoms in total. The van der Waals surface area contributed by atoms with E-state index in [4.69, 9.17) is 26.2 Å². The zero-order chi connectivity index (χ0) is 25.8. The highest BCUT2D eigenvalue weighted by Crippen LogP contribution is 2.34. The van der Waals surface area contributed by atoms with Crippen LogP contribution < -0.4 is 19.7 Å². The van der Waals surface area contributed by atoms with Crippen LogP contribution in [-0.4, -0.2) is 36.0 Å². The molecule has 1 fully saturated rings. The van der Waals surface area contributed by atoms with E-state index in [1.165, 1.54) is 37.5 Å². The monoisotopic (exact) mass is 506 g/mol. The van der Waals surface area contributed by atoms with E-state index in [9.17, 15) is 19.2 Å². The smallest absolute Gasteiger partial charge is 0.335 e. The van der Waals surface area contributed by atoms with Crippen molar-refractivity contribution in [3.63, 3.8) is 0 Å². The molecule has 0 radical (unpaired) electrons. The number of urea groups is 1. The molecule has 4 rings (SSSR count). The average molecular weight is 507 g/mol. The number of para-hydroxylation sites is 1. The van der Waals surface area contributed by atoms with Crippen molar-refractivity contribution in [3.8, 4) is 11.5 Å². The summed E-state index contributed by atoms with van der Waals surface area (Å²) >= 11 is 6.01. The van der Waals surface area contributed by atoms with Gasteiger partial charge < -0.3 is 14.6 Å². The maximum atomic E-state index is 13.2. The van der Waals surface area contributed by atoms with Gasteiger partial charge in [-0.3, -0.25) is 14.9 Å². The lowest BCUT2D eigenvalue weighted by Gasteiger charge is -2.26. The number of anilines is 1. The van der Waals surface area contributed by atoms with Crippen molar-refractivity contribution in [2.75, 3.05) is 12.0 Å². The summed E-state index contributed by atoms with van der Waals surface area (Å²) < 4.78 is 11.3. The van der Waals surface area contributed by atoms with Crippen molar-refractivity contribution in [2.45, 2.75) is 6.61 Å². The molecule has 4 amide bonds. The van der Waals surface area contributed by atoms with Crippen molar-refractivity contribution in [1.29, 1.82) is 0 Å². The average Bonchev–Trinajstić information content (AvgIpc) is 2.85. The Labute approximate surface area is 210 Å². The first-order valence-corrected chi connectivity index (χ1v) is 11.0. The van der Waals surface area contributed by atoms with Gasteiger partial charge in [0, 0.05) is 10.6 Å². The van der Waals surface area contributed by atoms with Crippen molar-refractivity contribution >= 4 is 47.2 Å². The Morgan fingerprint density at radius 2 is 1.78 bits per heavy atom. The second-order valence-electron chi connectivity index (χ2n) is 7.61. The third-order valence-electron chi connectivity index (χ3n) is 5.28. The maximum Gasteiger partial charge on any atom is 0.335 e. The van der Waals surface area contributed by atoms with Crippen LogP contribution in [0.25, 0.3) is 6.08 Å². The van der Waals surface area contributed by atoms with Gasteiger partial charge in [-0.05, 0) is 48.0 Å². The van der Waals surface area contributed by atoms with Gasteiger partial charge in [-0.2, -0.15) is 0 Å². The highest BCUT2D eigenvalue weighted by atomic mass is 35.5. The van der Waals surface area contributed by atoms with Crippen LogP contribution in [0.1, 0.15) is 21.5 Å². The van der Waals surface area contributed by atoms with Gasteiger partial charge in [0.15, 0.2) is 11.5 Å². The van der Waals surface area contributed by atoms with Crippen LogP contribution in [0.4, 0.5) is 10.5 Å². The summed E-state index contributed by atoms with van der Waals surface area (Å²) in [5.74, 6) is -2.13. The van der Waals surface area contributed by atoms with Gasteiger partial charge in [0.2, 0.25) is 0 Å². The van der Waals surface area contributed by atoms with Crippen LogP contribution >= 0.6 is 11.6 Å². The molecule has 0 aromatic heterocycles. The van der Waals surface area contributed by atoms with E-state index in [2.05, 4.69) is 5.32 Å². The molecule has 0 aliphatic carbocycles. The van der Waals surface area contributed by atoms with E-state index < -0.39 is 23.8 Å². The standard InChI is InChI=1S/C26H19ClN2O7/c1-35-21-7-2-4-17(22(21)36-14-15-8-10-16(11-9-15)25(32)33)12-20-23(30)28-26(34)29(24(20)31)19-6-3-5-18(27)13-19/h2-13H,14H2,1H3,(H,32,33)(H,28,30,34)/b20-12+. The molecule has 0 bridgehead atoms. The van der Waals surface area contributed by atoms with E-state index in [-0.39, 0.29) is 29.2 Å². The molecule has 1 heterocycles. The second-order valence-corrected chi connectivity index (χ2v) is 8.04. The number of ether oxygens (including phenoxy) is 2. The fraction of sp³-hybridized carbons (Fsp3) is 0.0769. The number of carbonyl (C=O) groups excluding carboxylic acids is 3. The lowest BCUT2D eigenvalue weighted by Crippen LogP contribution is -2.54. The summed E-state index contributed by atoms with van der Waals surface area (Å²) in [4.78, 5) is 50.1. The van der Waals surface area contributed by atoms with E-state index in [1.807, 2.05) is 0 Å². The highest BCUT2D eigenvalue weighted by molar-refractivity contribution is 6.39. The number of barbiturate groups is 1. The molecule has 3 aromatic carbocycles. The molecule has 182 valence electrons. The fourth-order valence-electron chi connectivity index (χ4n) is 3.52. The number of aromatic carboxylic acids is 1. The number of carbonyl (C=O) groups is 4. The first-order valence-electron chi connectivity index (χ1n) is 10.6. The number of amides is 4. The predicted octanol–water partition coefficient (Wildman–Crippen LogP) is 4.29. The lowest BCUT2D eigenvalue weighted by molar-refractivity contribution is -0.122. The first kappa shape index (κ1) is 24.5. The summed E-state index contributed by atoms with van der Waals surface area (Å²) in [5.41, 5.74) is 1.10. The zero-order valence-electron chi connectivity index (χ0n) is 18.9. The molecular formula is C26H19ClN2O7. The SMILES string of the molecule is COc1cccc(/C=C2\C(=O)NC(=O)N(c3cccc(Cl)c3)C2=O)c1OCc1ccc(C(=O)O)cc1. The Morgan fingerprint density at radius 1 is 1.06 bits per heavy atom. The lowest BCUT2D eigenvalue weighted by atomic mass is 10.1. The fourth-order valence-corrected chi connectivity index (χ4v) is 3.71. The Morgan fingerprint density at radius 3 is 2.44 bits per heavy atom. The molecule has 2 N–H and O–H groups in total. The molecule has 0 saturated carbocycles. The number of nitrogens with one attached hydrogen (secondary N) is 1. The van der Waals surface area contributed by atoms with Crippen LogP contribution in [0.3, 0.4) is 0 Å². The largest absolute Gasteiger partial charge is 0.493 e. The van der Waals surface area contributed by atoms with E-state index >= 15 is 0 Å². The molecule has 3 aromatic rings. The van der Waals surface area contributed by atoms with Crippen molar-refractivity contribution in [3.05, 3.63) is 94.0 Å². The summed E-state index contributed by atoms with van der Waals surface area (Å²) in [6.45, 7) is 0.0592. The van der Waals surface area contributed by atoms with Crippen LogP contribution in [0.15, 0.2) is 72.3 Å². The first-order chi connectivity index (χ1) is 17.3. The predicted molar refractivity (Wildman–Crippen MR) is 131 cm³/mol. The number of rotatable bonds is 7. The van der Waals surface area contributed by atoms with E-state index in [0.717, 1.165) is 4.90 Å². The minimum absolute atomic E-state index is 0.0592. The molecule has 1 aliphatic rings. The summed E-state index contributed by atoms with van der Waals surface area (Å²) in [7, 11) is 1.44. The van der Waals surface area contributed by atoms with Gasteiger partial charge >= 0.3 is 12.0 Å². The number of carboxylic acids is 1. The van der Waals surface area contributed by atoms with Crippen LogP contribution in [-0.2, 0) is 16.2 Å². The number of nitrogens with zero attached hydrogens (tertiary/aromatic N) is 1. The normalized spacial score (nSPS) is 14.6. The van der Waals surface area contributed by atoms with Gasteiger partial charge in [0.1, 0.15) is 12.2 Å². The molecule has 1 aliphatic heterocycles. The van der Waals surface area contributed by atoms with E-state index in [0.29, 0.717) is 21.9 Å². The minimum Gasteiger partial charge on any atom is -0.493 e. The summed E-state index contributed by atoms with van der Waals surface area (Å²) in [6.07, 6.45) is 1.31. The maximum absolute atomic E-state index is 13.2. The third-order valence-corrected chi connectivity index (χ3v) is 5.52. The molecule has 0 unspecified atom stereocenters. The Balaban J connectivity index is 1.67.